The standard InChI is InChI=1S/C19H26N4O2/c1-15-2-3-17(25-15)11-22-8-5-19(6-9-22)13-23(10-16(19)12-24)18-4-7-20-14-21-18/h2-4,7,14,16,24H,5-6,8-13H2,1H3. The molecule has 2 aromatic rings. The van der Waals surface area contributed by atoms with Gasteiger partial charge in [0.1, 0.15) is 23.7 Å². The van der Waals surface area contributed by atoms with Crippen LogP contribution in [-0.4, -0.2) is 52.8 Å². The van der Waals surface area contributed by atoms with Crippen molar-refractivity contribution in [2.75, 3.05) is 37.7 Å². The Hall–Kier alpha value is -1.92. The highest BCUT2D eigenvalue weighted by atomic mass is 16.3. The number of furan rings is 1. The summed E-state index contributed by atoms with van der Waals surface area (Å²) in [6.07, 6.45) is 5.61. The van der Waals surface area contributed by atoms with E-state index >= 15 is 0 Å². The molecule has 2 aliphatic heterocycles. The van der Waals surface area contributed by atoms with Gasteiger partial charge in [0.25, 0.3) is 0 Å². The molecule has 0 bridgehead atoms. The average Bonchev–Trinajstić information content (AvgIpc) is 3.21. The van der Waals surface area contributed by atoms with Crippen LogP contribution in [0.2, 0.25) is 0 Å². The molecule has 1 spiro atoms. The van der Waals surface area contributed by atoms with Gasteiger partial charge in [-0.2, -0.15) is 0 Å². The van der Waals surface area contributed by atoms with Gasteiger partial charge in [0.05, 0.1) is 6.54 Å². The first kappa shape index (κ1) is 16.5. The molecule has 1 atom stereocenters. The summed E-state index contributed by atoms with van der Waals surface area (Å²) in [7, 11) is 0. The molecule has 6 heteroatoms. The summed E-state index contributed by atoms with van der Waals surface area (Å²) in [4.78, 5) is 13.2. The van der Waals surface area contributed by atoms with Gasteiger partial charge in [-0.1, -0.05) is 0 Å². The first-order chi connectivity index (χ1) is 12.2. The number of likely N-dealkylation sites (tertiary alicyclic amines) is 1. The van der Waals surface area contributed by atoms with Crippen molar-refractivity contribution in [2.45, 2.75) is 26.3 Å². The molecular formula is C19H26N4O2. The van der Waals surface area contributed by atoms with E-state index < -0.39 is 0 Å². The van der Waals surface area contributed by atoms with E-state index in [0.717, 1.165) is 62.9 Å². The molecule has 134 valence electrons. The van der Waals surface area contributed by atoms with Crippen LogP contribution in [0, 0.1) is 18.3 Å². The summed E-state index contributed by atoms with van der Waals surface area (Å²) < 4.78 is 5.72. The van der Waals surface area contributed by atoms with Gasteiger partial charge < -0.3 is 14.4 Å². The van der Waals surface area contributed by atoms with Gasteiger partial charge in [0.15, 0.2) is 0 Å². The van der Waals surface area contributed by atoms with E-state index in [4.69, 9.17) is 4.42 Å². The van der Waals surface area contributed by atoms with Crippen LogP contribution >= 0.6 is 0 Å². The molecule has 2 saturated heterocycles. The summed E-state index contributed by atoms with van der Waals surface area (Å²) >= 11 is 0. The fraction of sp³-hybridized carbons (Fsp3) is 0.579. The van der Waals surface area contributed by atoms with Crippen molar-refractivity contribution >= 4 is 5.82 Å². The summed E-state index contributed by atoms with van der Waals surface area (Å²) in [5, 5.41) is 9.96. The van der Waals surface area contributed by atoms with Crippen LogP contribution < -0.4 is 4.90 Å². The number of nitrogens with zero attached hydrogens (tertiary/aromatic N) is 4. The second kappa shape index (κ2) is 6.77. The monoisotopic (exact) mass is 342 g/mol. The maximum absolute atomic E-state index is 9.96. The van der Waals surface area contributed by atoms with E-state index in [9.17, 15) is 5.11 Å². The second-order valence-electron chi connectivity index (χ2n) is 7.48. The number of aryl methyl sites for hydroxylation is 1. The van der Waals surface area contributed by atoms with Crippen LogP contribution in [0.5, 0.6) is 0 Å². The Labute approximate surface area is 148 Å². The Balaban J connectivity index is 1.42. The highest BCUT2D eigenvalue weighted by molar-refractivity contribution is 5.39. The van der Waals surface area contributed by atoms with Crippen molar-refractivity contribution in [3.05, 3.63) is 42.2 Å². The highest BCUT2D eigenvalue weighted by Crippen LogP contribution is 2.45. The van der Waals surface area contributed by atoms with E-state index in [1.807, 2.05) is 19.1 Å². The molecule has 6 nitrogen and oxygen atoms in total. The minimum atomic E-state index is 0.190. The Kier molecular flexibility index (Phi) is 4.48. The van der Waals surface area contributed by atoms with E-state index in [1.165, 1.54) is 0 Å². The number of aromatic nitrogens is 2. The molecule has 25 heavy (non-hydrogen) atoms. The maximum Gasteiger partial charge on any atom is 0.131 e. The Morgan fingerprint density at radius 3 is 2.76 bits per heavy atom. The van der Waals surface area contributed by atoms with Gasteiger partial charge in [-0.15, -0.1) is 0 Å². The van der Waals surface area contributed by atoms with Crippen LogP contribution in [0.25, 0.3) is 0 Å². The fourth-order valence-electron chi connectivity index (χ4n) is 4.44. The molecule has 0 radical (unpaired) electrons. The molecule has 2 fully saturated rings. The Bertz CT molecular complexity index is 694. The zero-order valence-electron chi connectivity index (χ0n) is 14.8. The highest BCUT2D eigenvalue weighted by Gasteiger charge is 2.48. The molecular weight excluding hydrogens is 316 g/mol. The molecule has 4 rings (SSSR count). The van der Waals surface area contributed by atoms with Crippen LogP contribution in [0.4, 0.5) is 5.82 Å². The minimum absolute atomic E-state index is 0.190. The number of aliphatic hydroxyl groups excluding tert-OH is 1. The van der Waals surface area contributed by atoms with E-state index in [-0.39, 0.29) is 12.0 Å². The van der Waals surface area contributed by atoms with E-state index in [0.29, 0.717) is 5.92 Å². The Morgan fingerprint density at radius 2 is 2.12 bits per heavy atom. The first-order valence-corrected chi connectivity index (χ1v) is 9.08. The van der Waals surface area contributed by atoms with E-state index in [1.54, 1.807) is 12.5 Å². The lowest BCUT2D eigenvalue weighted by Crippen LogP contribution is -2.44. The number of hydrogen-bond acceptors (Lipinski definition) is 6. The van der Waals surface area contributed by atoms with Crippen LogP contribution in [0.15, 0.2) is 35.1 Å². The maximum atomic E-state index is 9.96. The Morgan fingerprint density at radius 1 is 1.28 bits per heavy atom. The van der Waals surface area contributed by atoms with Crippen molar-refractivity contribution in [3.63, 3.8) is 0 Å². The summed E-state index contributed by atoms with van der Waals surface area (Å²) in [5.74, 6) is 3.30. The quantitative estimate of drug-likeness (QED) is 0.918. The third-order valence-electron chi connectivity index (χ3n) is 5.95. The summed E-state index contributed by atoms with van der Waals surface area (Å²) in [6, 6.07) is 6.06. The third-order valence-corrected chi connectivity index (χ3v) is 5.95. The number of piperidine rings is 1. The van der Waals surface area contributed by atoms with Crippen LogP contribution in [0.3, 0.4) is 0 Å². The molecule has 2 aromatic heterocycles. The molecule has 0 amide bonds. The average molecular weight is 342 g/mol. The lowest BCUT2D eigenvalue weighted by Gasteiger charge is -2.42. The van der Waals surface area contributed by atoms with Gasteiger partial charge in [-0.25, -0.2) is 9.97 Å². The van der Waals surface area contributed by atoms with Crippen molar-refractivity contribution in [1.82, 2.24) is 14.9 Å². The third kappa shape index (κ3) is 3.28. The molecule has 0 aromatic carbocycles. The van der Waals surface area contributed by atoms with Crippen molar-refractivity contribution < 1.29 is 9.52 Å². The number of rotatable bonds is 4. The molecule has 1 unspecified atom stereocenters. The normalized spacial score (nSPS) is 23.4. The molecule has 0 aliphatic carbocycles. The smallest absolute Gasteiger partial charge is 0.131 e. The van der Waals surface area contributed by atoms with Crippen molar-refractivity contribution in [2.24, 2.45) is 11.3 Å². The van der Waals surface area contributed by atoms with Gasteiger partial charge in [0.2, 0.25) is 0 Å². The van der Waals surface area contributed by atoms with E-state index in [2.05, 4.69) is 25.8 Å². The van der Waals surface area contributed by atoms with Crippen molar-refractivity contribution in [1.29, 1.82) is 0 Å². The summed E-state index contributed by atoms with van der Waals surface area (Å²) in [5.41, 5.74) is 0.190. The SMILES string of the molecule is Cc1ccc(CN2CCC3(CC2)CN(c2ccncn2)CC3CO)o1. The predicted molar refractivity (Wildman–Crippen MR) is 95.2 cm³/mol. The number of aliphatic hydroxyl groups is 1. The molecule has 0 saturated carbocycles. The number of hydrogen-bond donors (Lipinski definition) is 1. The van der Waals surface area contributed by atoms with Gasteiger partial charge in [-0.3, -0.25) is 4.90 Å². The fourth-order valence-corrected chi connectivity index (χ4v) is 4.44. The minimum Gasteiger partial charge on any atom is -0.465 e. The zero-order valence-corrected chi connectivity index (χ0v) is 14.8. The zero-order chi connectivity index (χ0) is 17.3. The van der Waals surface area contributed by atoms with Gasteiger partial charge in [-0.05, 0) is 56.5 Å². The second-order valence-corrected chi connectivity index (χ2v) is 7.48. The first-order valence-electron chi connectivity index (χ1n) is 9.08. The molecule has 1 N–H and O–H groups in total. The van der Waals surface area contributed by atoms with Crippen molar-refractivity contribution in [3.8, 4) is 0 Å². The summed E-state index contributed by atoms with van der Waals surface area (Å²) in [6.45, 7) is 7.07. The van der Waals surface area contributed by atoms with Gasteiger partial charge >= 0.3 is 0 Å². The molecule has 2 aliphatic rings. The molecule has 4 heterocycles. The lowest BCUT2D eigenvalue weighted by molar-refractivity contribution is 0.0480. The van der Waals surface area contributed by atoms with Crippen LogP contribution in [-0.2, 0) is 6.54 Å². The predicted octanol–water partition coefficient (Wildman–Crippen LogP) is 2.09. The lowest BCUT2D eigenvalue weighted by atomic mass is 9.71. The number of anilines is 1. The van der Waals surface area contributed by atoms with Gasteiger partial charge in [0, 0.05) is 31.8 Å². The van der Waals surface area contributed by atoms with Crippen LogP contribution in [0.1, 0.15) is 24.4 Å². The largest absolute Gasteiger partial charge is 0.465 e. The topological polar surface area (TPSA) is 65.6 Å².